The van der Waals surface area contributed by atoms with Gasteiger partial charge in [-0.25, -0.2) is 0 Å². The molecule has 0 unspecified atom stereocenters. The Bertz CT molecular complexity index is 838. The van der Waals surface area contributed by atoms with Gasteiger partial charge in [-0.15, -0.1) is 0 Å². The Balaban J connectivity index is 1.97. The third-order valence-corrected chi connectivity index (χ3v) is 4.46. The summed E-state index contributed by atoms with van der Waals surface area (Å²) in [7, 11) is 0. The number of hydrogen-bond acceptors (Lipinski definition) is 0. The average Bonchev–Trinajstić information content (AvgIpc) is 2.89. The fourth-order valence-electron chi connectivity index (χ4n) is 3.01. The molecule has 0 radical (unpaired) electrons. The Morgan fingerprint density at radius 1 is 0.800 bits per heavy atom. The molecule has 96 valence electrons. The first-order valence-corrected chi connectivity index (χ1v) is 7.59. The van der Waals surface area contributed by atoms with E-state index in [-0.39, 0.29) is 0 Å². The fourth-order valence-corrected chi connectivity index (χ4v) is 3.38. The van der Waals surface area contributed by atoms with Crippen LogP contribution in [0.25, 0.3) is 16.3 Å². The number of rotatable bonds is 1. The maximum absolute atomic E-state index is 3.59. The van der Waals surface area contributed by atoms with Crippen molar-refractivity contribution < 1.29 is 0 Å². The molecule has 0 nitrogen and oxygen atoms in total. The van der Waals surface area contributed by atoms with Gasteiger partial charge in [0.05, 0.1) is 0 Å². The normalized spacial score (nSPS) is 13.3. The van der Waals surface area contributed by atoms with Crippen LogP contribution in [0, 0.1) is 0 Å². The molecule has 0 atom stereocenters. The molecule has 0 aromatic heterocycles. The molecule has 1 heteroatoms. The van der Waals surface area contributed by atoms with Crippen LogP contribution >= 0.6 is 15.9 Å². The SMILES string of the molecule is Brc1ccc2c(c1)C(c1cccc3ccccc13)=CC2. The van der Waals surface area contributed by atoms with Crippen LogP contribution in [-0.4, -0.2) is 0 Å². The Morgan fingerprint density at radius 3 is 2.60 bits per heavy atom. The van der Waals surface area contributed by atoms with Crippen molar-refractivity contribution in [2.45, 2.75) is 6.42 Å². The van der Waals surface area contributed by atoms with E-state index >= 15 is 0 Å². The minimum atomic E-state index is 1.03. The molecule has 0 heterocycles. The van der Waals surface area contributed by atoms with E-state index in [2.05, 4.69) is 82.7 Å². The van der Waals surface area contributed by atoms with Crippen LogP contribution in [0.4, 0.5) is 0 Å². The smallest absolute Gasteiger partial charge is 0.0181 e. The molecule has 0 saturated heterocycles. The van der Waals surface area contributed by atoms with Gasteiger partial charge in [-0.1, -0.05) is 70.5 Å². The maximum Gasteiger partial charge on any atom is 0.0181 e. The summed E-state index contributed by atoms with van der Waals surface area (Å²) in [6.45, 7) is 0. The predicted octanol–water partition coefficient (Wildman–Crippen LogP) is 5.59. The third-order valence-electron chi connectivity index (χ3n) is 3.97. The highest BCUT2D eigenvalue weighted by Crippen LogP contribution is 2.37. The van der Waals surface area contributed by atoms with Gasteiger partial charge < -0.3 is 0 Å². The van der Waals surface area contributed by atoms with E-state index in [0.29, 0.717) is 0 Å². The van der Waals surface area contributed by atoms with Crippen LogP contribution in [0.2, 0.25) is 0 Å². The second-order valence-corrected chi connectivity index (χ2v) is 6.07. The van der Waals surface area contributed by atoms with Crippen molar-refractivity contribution in [3.8, 4) is 0 Å². The highest BCUT2D eigenvalue weighted by Gasteiger charge is 2.17. The van der Waals surface area contributed by atoms with Crippen LogP contribution in [0.5, 0.6) is 0 Å². The largest absolute Gasteiger partial charge is 0.0716 e. The van der Waals surface area contributed by atoms with E-state index in [1.165, 1.54) is 33.0 Å². The lowest BCUT2D eigenvalue weighted by Gasteiger charge is -2.10. The molecular weight excluding hydrogens is 308 g/mol. The average molecular weight is 321 g/mol. The molecular formula is C19H13Br. The molecule has 0 N–H and O–H groups in total. The first-order valence-electron chi connectivity index (χ1n) is 6.80. The van der Waals surface area contributed by atoms with E-state index in [9.17, 15) is 0 Å². The van der Waals surface area contributed by atoms with Crippen molar-refractivity contribution in [2.24, 2.45) is 0 Å². The van der Waals surface area contributed by atoms with Crippen LogP contribution < -0.4 is 0 Å². The topological polar surface area (TPSA) is 0 Å². The first-order chi connectivity index (χ1) is 9.83. The molecule has 0 amide bonds. The zero-order chi connectivity index (χ0) is 13.5. The second kappa shape index (κ2) is 4.60. The van der Waals surface area contributed by atoms with Gasteiger partial charge in [-0.05, 0) is 51.6 Å². The third kappa shape index (κ3) is 1.82. The number of benzene rings is 3. The van der Waals surface area contributed by atoms with Crippen molar-refractivity contribution in [1.29, 1.82) is 0 Å². The zero-order valence-electron chi connectivity index (χ0n) is 10.9. The maximum atomic E-state index is 3.59. The Kier molecular flexibility index (Phi) is 2.75. The molecule has 3 aromatic carbocycles. The van der Waals surface area contributed by atoms with Crippen molar-refractivity contribution in [3.63, 3.8) is 0 Å². The molecule has 0 aliphatic heterocycles. The summed E-state index contributed by atoms with van der Waals surface area (Å²) in [6, 6.07) is 21.7. The molecule has 1 aliphatic carbocycles. The van der Waals surface area contributed by atoms with E-state index in [1.807, 2.05) is 0 Å². The minimum Gasteiger partial charge on any atom is -0.0716 e. The van der Waals surface area contributed by atoms with Crippen LogP contribution in [-0.2, 0) is 6.42 Å². The van der Waals surface area contributed by atoms with Crippen molar-refractivity contribution >= 4 is 32.3 Å². The quantitative estimate of drug-likeness (QED) is 0.548. The highest BCUT2D eigenvalue weighted by molar-refractivity contribution is 9.10. The molecule has 4 rings (SSSR count). The lowest BCUT2D eigenvalue weighted by atomic mass is 9.94. The molecule has 1 aliphatic rings. The molecule has 0 spiro atoms. The predicted molar refractivity (Wildman–Crippen MR) is 88.9 cm³/mol. The summed E-state index contributed by atoms with van der Waals surface area (Å²) in [5, 5.41) is 2.63. The van der Waals surface area contributed by atoms with Gasteiger partial charge in [0.2, 0.25) is 0 Å². The molecule has 0 saturated carbocycles. The Morgan fingerprint density at radius 2 is 1.65 bits per heavy atom. The summed E-state index contributed by atoms with van der Waals surface area (Å²) in [5.74, 6) is 0. The van der Waals surface area contributed by atoms with Crippen molar-refractivity contribution in [2.75, 3.05) is 0 Å². The van der Waals surface area contributed by atoms with E-state index in [4.69, 9.17) is 0 Å². The summed E-state index contributed by atoms with van der Waals surface area (Å²) >= 11 is 3.59. The van der Waals surface area contributed by atoms with Gasteiger partial charge in [0.1, 0.15) is 0 Å². The minimum absolute atomic E-state index is 1.03. The fraction of sp³-hybridized carbons (Fsp3) is 0.0526. The standard InChI is InChI=1S/C19H13Br/c20-15-10-8-14-9-11-18(19(14)12-15)17-7-3-5-13-4-1-2-6-16(13)17/h1-8,10-12H,9H2. The zero-order valence-corrected chi connectivity index (χ0v) is 12.5. The van der Waals surface area contributed by atoms with E-state index < -0.39 is 0 Å². The van der Waals surface area contributed by atoms with Crippen molar-refractivity contribution in [3.05, 3.63) is 87.9 Å². The van der Waals surface area contributed by atoms with Crippen LogP contribution in [0.1, 0.15) is 16.7 Å². The lowest BCUT2D eigenvalue weighted by Crippen LogP contribution is -1.89. The Labute approximate surface area is 126 Å². The van der Waals surface area contributed by atoms with Gasteiger partial charge in [0.15, 0.2) is 0 Å². The first kappa shape index (κ1) is 11.9. The van der Waals surface area contributed by atoms with Crippen molar-refractivity contribution in [1.82, 2.24) is 0 Å². The summed E-state index contributed by atoms with van der Waals surface area (Å²) in [4.78, 5) is 0. The molecule has 0 fully saturated rings. The monoisotopic (exact) mass is 320 g/mol. The van der Waals surface area contributed by atoms with E-state index in [0.717, 1.165) is 10.9 Å². The summed E-state index contributed by atoms with van der Waals surface area (Å²) < 4.78 is 1.14. The molecule has 3 aromatic rings. The number of halogens is 1. The van der Waals surface area contributed by atoms with Crippen LogP contribution in [0.3, 0.4) is 0 Å². The second-order valence-electron chi connectivity index (χ2n) is 5.15. The van der Waals surface area contributed by atoms with E-state index in [1.54, 1.807) is 0 Å². The number of fused-ring (bicyclic) bond motifs is 2. The Hall–Kier alpha value is -1.86. The molecule has 20 heavy (non-hydrogen) atoms. The van der Waals surface area contributed by atoms with Gasteiger partial charge in [-0.3, -0.25) is 0 Å². The van der Waals surface area contributed by atoms with Gasteiger partial charge in [-0.2, -0.15) is 0 Å². The summed E-state index contributed by atoms with van der Waals surface area (Å²) in [6.07, 6.45) is 3.38. The highest BCUT2D eigenvalue weighted by atomic mass is 79.9. The molecule has 0 bridgehead atoms. The van der Waals surface area contributed by atoms with Gasteiger partial charge >= 0.3 is 0 Å². The van der Waals surface area contributed by atoms with Gasteiger partial charge in [0.25, 0.3) is 0 Å². The lowest BCUT2D eigenvalue weighted by molar-refractivity contribution is 1.31. The van der Waals surface area contributed by atoms with Crippen LogP contribution in [0.15, 0.2) is 71.2 Å². The number of hydrogen-bond donors (Lipinski definition) is 0. The number of allylic oxidation sites excluding steroid dienone is 1. The van der Waals surface area contributed by atoms with Gasteiger partial charge in [0, 0.05) is 4.47 Å². The summed E-state index contributed by atoms with van der Waals surface area (Å²) in [5.41, 5.74) is 5.46.